The summed E-state index contributed by atoms with van der Waals surface area (Å²) in [4.78, 5) is 17.0. The average Bonchev–Trinajstić information content (AvgIpc) is 2.67. The zero-order chi connectivity index (χ0) is 16.8. The van der Waals surface area contributed by atoms with E-state index in [1.807, 2.05) is 36.4 Å². The van der Waals surface area contributed by atoms with Crippen LogP contribution in [0.25, 0.3) is 0 Å². The lowest BCUT2D eigenvalue weighted by Gasteiger charge is -2.11. The maximum Gasteiger partial charge on any atom is 0.215 e. The summed E-state index contributed by atoms with van der Waals surface area (Å²) in [6.45, 7) is 0.115. The van der Waals surface area contributed by atoms with Crippen LogP contribution in [0.5, 0.6) is 5.75 Å². The number of rotatable bonds is 6. The Bertz CT molecular complexity index is 817. The third-order valence-electron chi connectivity index (χ3n) is 3.57. The molecular formula is C20H17NO3. The number of nitrogens with zero attached hydrogens (tertiary/aromatic N) is 1. The van der Waals surface area contributed by atoms with Gasteiger partial charge in [0.15, 0.2) is 5.69 Å². The van der Waals surface area contributed by atoms with Gasteiger partial charge in [0.1, 0.15) is 12.4 Å². The van der Waals surface area contributed by atoms with Crippen LogP contribution < -0.4 is 4.74 Å². The van der Waals surface area contributed by atoms with Crippen LogP contribution in [-0.4, -0.2) is 15.9 Å². The van der Waals surface area contributed by atoms with Crippen LogP contribution in [0, 0.1) is 0 Å². The molecule has 0 amide bonds. The molecule has 4 heteroatoms. The van der Waals surface area contributed by atoms with Crippen LogP contribution in [-0.2, 0) is 13.2 Å². The molecule has 0 bridgehead atoms. The Morgan fingerprint density at radius 3 is 2.25 bits per heavy atom. The average molecular weight is 319 g/mol. The number of benzene rings is 2. The van der Waals surface area contributed by atoms with E-state index < -0.39 is 0 Å². The molecule has 0 radical (unpaired) electrons. The number of aliphatic hydroxyl groups is 1. The Labute approximate surface area is 140 Å². The minimum atomic E-state index is -0.228. The minimum Gasteiger partial charge on any atom is -0.486 e. The van der Waals surface area contributed by atoms with Crippen molar-refractivity contribution < 1.29 is 14.6 Å². The molecule has 0 saturated carbocycles. The fourth-order valence-corrected chi connectivity index (χ4v) is 2.32. The van der Waals surface area contributed by atoms with E-state index in [-0.39, 0.29) is 18.1 Å². The first-order chi connectivity index (χ1) is 11.8. The number of carbonyl (C=O) groups is 1. The number of ether oxygens (including phenoxy) is 1. The summed E-state index contributed by atoms with van der Waals surface area (Å²) in [5, 5.41) is 9.30. The molecule has 3 rings (SSSR count). The zero-order valence-electron chi connectivity index (χ0n) is 13.1. The molecule has 0 aliphatic carbocycles. The monoisotopic (exact) mass is 319 g/mol. The Kier molecular flexibility index (Phi) is 4.99. The van der Waals surface area contributed by atoms with E-state index in [9.17, 15) is 9.90 Å². The fourth-order valence-electron chi connectivity index (χ4n) is 2.32. The van der Waals surface area contributed by atoms with Crippen molar-refractivity contribution in [3.63, 3.8) is 0 Å². The number of aliphatic hydroxyl groups excluding tert-OH is 1. The van der Waals surface area contributed by atoms with Gasteiger partial charge in [-0.05, 0) is 17.7 Å². The van der Waals surface area contributed by atoms with Crippen molar-refractivity contribution in [3.05, 3.63) is 95.3 Å². The van der Waals surface area contributed by atoms with Crippen molar-refractivity contribution in [2.75, 3.05) is 0 Å². The number of aromatic nitrogens is 1. The van der Waals surface area contributed by atoms with E-state index >= 15 is 0 Å². The van der Waals surface area contributed by atoms with Crippen molar-refractivity contribution in [2.45, 2.75) is 13.2 Å². The smallest absolute Gasteiger partial charge is 0.215 e. The predicted octanol–water partition coefficient (Wildman–Crippen LogP) is 3.38. The molecule has 24 heavy (non-hydrogen) atoms. The highest BCUT2D eigenvalue weighted by Gasteiger charge is 2.17. The molecule has 0 unspecified atom stereocenters. The van der Waals surface area contributed by atoms with E-state index in [0.717, 1.165) is 5.56 Å². The second kappa shape index (κ2) is 7.53. The normalized spacial score (nSPS) is 10.4. The van der Waals surface area contributed by atoms with Crippen molar-refractivity contribution in [1.82, 2.24) is 4.98 Å². The molecule has 0 aliphatic rings. The first kappa shape index (κ1) is 15.9. The summed E-state index contributed by atoms with van der Waals surface area (Å²) in [7, 11) is 0. The highest BCUT2D eigenvalue weighted by atomic mass is 16.5. The molecule has 0 spiro atoms. The Balaban J connectivity index is 1.90. The molecule has 120 valence electrons. The number of hydrogen-bond donors (Lipinski definition) is 1. The molecule has 0 atom stereocenters. The van der Waals surface area contributed by atoms with E-state index in [0.29, 0.717) is 23.6 Å². The summed E-state index contributed by atoms with van der Waals surface area (Å²) in [6.07, 6.45) is 0. The SMILES string of the molecule is O=C(c1ccccc1)c1nc(CO)ccc1OCc1ccccc1. The maximum atomic E-state index is 12.7. The van der Waals surface area contributed by atoms with Gasteiger partial charge in [-0.3, -0.25) is 4.79 Å². The highest BCUT2D eigenvalue weighted by molar-refractivity contribution is 6.09. The number of carbonyl (C=O) groups excluding carboxylic acids is 1. The topological polar surface area (TPSA) is 59.4 Å². The summed E-state index contributed by atoms with van der Waals surface area (Å²) < 4.78 is 5.80. The number of hydrogen-bond acceptors (Lipinski definition) is 4. The first-order valence-electron chi connectivity index (χ1n) is 7.65. The molecule has 0 aliphatic heterocycles. The van der Waals surface area contributed by atoms with Gasteiger partial charge in [0.25, 0.3) is 0 Å². The lowest BCUT2D eigenvalue weighted by Crippen LogP contribution is -2.10. The van der Waals surface area contributed by atoms with Gasteiger partial charge in [-0.15, -0.1) is 0 Å². The lowest BCUT2D eigenvalue weighted by atomic mass is 10.1. The van der Waals surface area contributed by atoms with Crippen molar-refractivity contribution in [3.8, 4) is 5.75 Å². The van der Waals surface area contributed by atoms with Crippen molar-refractivity contribution in [1.29, 1.82) is 0 Å². The van der Waals surface area contributed by atoms with Gasteiger partial charge in [-0.2, -0.15) is 0 Å². The molecule has 4 nitrogen and oxygen atoms in total. The van der Waals surface area contributed by atoms with Crippen LogP contribution >= 0.6 is 0 Å². The summed E-state index contributed by atoms with van der Waals surface area (Å²) >= 11 is 0. The van der Waals surface area contributed by atoms with E-state index in [4.69, 9.17) is 4.74 Å². The molecule has 0 saturated heterocycles. The van der Waals surface area contributed by atoms with Crippen LogP contribution in [0.4, 0.5) is 0 Å². The Hall–Kier alpha value is -2.98. The molecule has 3 aromatic rings. The Morgan fingerprint density at radius 2 is 1.58 bits per heavy atom. The van der Waals surface area contributed by atoms with E-state index in [2.05, 4.69) is 4.98 Å². The Morgan fingerprint density at radius 1 is 0.917 bits per heavy atom. The minimum absolute atomic E-state index is 0.212. The lowest BCUT2D eigenvalue weighted by molar-refractivity contribution is 0.102. The van der Waals surface area contributed by atoms with Gasteiger partial charge in [-0.1, -0.05) is 60.7 Å². The van der Waals surface area contributed by atoms with Crippen LogP contribution in [0.2, 0.25) is 0 Å². The second-order valence-electron chi connectivity index (χ2n) is 5.28. The zero-order valence-corrected chi connectivity index (χ0v) is 13.1. The molecular weight excluding hydrogens is 302 g/mol. The maximum absolute atomic E-state index is 12.7. The predicted molar refractivity (Wildman–Crippen MR) is 90.8 cm³/mol. The molecule has 1 heterocycles. The van der Waals surface area contributed by atoms with Crippen molar-refractivity contribution >= 4 is 5.78 Å². The summed E-state index contributed by atoms with van der Waals surface area (Å²) in [6, 6.07) is 22.0. The van der Waals surface area contributed by atoms with Gasteiger partial charge in [0.05, 0.1) is 12.3 Å². The third-order valence-corrected chi connectivity index (χ3v) is 3.57. The highest BCUT2D eigenvalue weighted by Crippen LogP contribution is 2.22. The molecule has 0 fully saturated rings. The van der Waals surface area contributed by atoms with Crippen LogP contribution in [0.1, 0.15) is 27.3 Å². The third kappa shape index (κ3) is 3.67. The molecule has 2 aromatic carbocycles. The first-order valence-corrected chi connectivity index (χ1v) is 7.65. The molecule has 1 N–H and O–H groups in total. The van der Waals surface area contributed by atoms with Gasteiger partial charge < -0.3 is 9.84 Å². The van der Waals surface area contributed by atoms with Crippen LogP contribution in [0.15, 0.2) is 72.8 Å². The second-order valence-corrected chi connectivity index (χ2v) is 5.28. The van der Waals surface area contributed by atoms with E-state index in [1.165, 1.54) is 0 Å². The van der Waals surface area contributed by atoms with Gasteiger partial charge in [-0.25, -0.2) is 4.98 Å². The largest absolute Gasteiger partial charge is 0.486 e. The van der Waals surface area contributed by atoms with Crippen LogP contribution in [0.3, 0.4) is 0 Å². The van der Waals surface area contributed by atoms with E-state index in [1.54, 1.807) is 36.4 Å². The van der Waals surface area contributed by atoms with Gasteiger partial charge >= 0.3 is 0 Å². The standard InChI is InChI=1S/C20H17NO3/c22-13-17-11-12-18(24-14-15-7-3-1-4-8-15)19(21-17)20(23)16-9-5-2-6-10-16/h1-12,22H,13-14H2. The summed E-state index contributed by atoms with van der Waals surface area (Å²) in [5.74, 6) is 0.180. The summed E-state index contributed by atoms with van der Waals surface area (Å²) in [5.41, 5.74) is 2.18. The quantitative estimate of drug-likeness (QED) is 0.708. The van der Waals surface area contributed by atoms with Gasteiger partial charge in [0.2, 0.25) is 5.78 Å². The van der Waals surface area contributed by atoms with Crippen molar-refractivity contribution in [2.24, 2.45) is 0 Å². The number of pyridine rings is 1. The fraction of sp³-hybridized carbons (Fsp3) is 0.100. The molecule has 1 aromatic heterocycles. The van der Waals surface area contributed by atoms with Gasteiger partial charge in [0, 0.05) is 5.56 Å². The number of ketones is 1.